The Balaban J connectivity index is 4.23. The molecule has 0 saturated carbocycles. The lowest BCUT2D eigenvalue weighted by Gasteiger charge is -2.28. The summed E-state index contributed by atoms with van der Waals surface area (Å²) in [4.78, 5) is 13.5. The molecule has 1 amide bonds. The number of amides is 1. The maximum absolute atomic E-state index is 11.9. The van der Waals surface area contributed by atoms with E-state index >= 15 is 0 Å². The van der Waals surface area contributed by atoms with Gasteiger partial charge in [-0.25, -0.2) is 0 Å². The highest BCUT2D eigenvalue weighted by atomic mass is 16.5. The second-order valence-corrected chi connectivity index (χ2v) is 4.25. The Kier molecular flexibility index (Phi) is 8.12. The molecule has 17 heavy (non-hydrogen) atoms. The third kappa shape index (κ3) is 7.31. The Morgan fingerprint density at radius 1 is 1.12 bits per heavy atom. The largest absolute Gasteiger partial charge is 0.381 e. The zero-order valence-corrected chi connectivity index (χ0v) is 11.4. The summed E-state index contributed by atoms with van der Waals surface area (Å²) in [6.07, 6.45) is 0. The normalized spacial score (nSPS) is 11.6. The summed E-state index contributed by atoms with van der Waals surface area (Å²) >= 11 is 0. The van der Waals surface area contributed by atoms with Crippen molar-refractivity contribution in [3.8, 4) is 0 Å². The number of aliphatic hydroxyl groups is 1. The van der Waals surface area contributed by atoms with Crippen molar-refractivity contribution in [1.29, 1.82) is 0 Å². The quantitative estimate of drug-likeness (QED) is 0.608. The lowest BCUT2D eigenvalue weighted by molar-refractivity contribution is -0.149. The van der Waals surface area contributed by atoms with Gasteiger partial charge >= 0.3 is 0 Å². The van der Waals surface area contributed by atoms with E-state index in [2.05, 4.69) is 0 Å². The lowest BCUT2D eigenvalue weighted by Crippen LogP contribution is -2.47. The topological polar surface area (TPSA) is 59.0 Å². The molecule has 0 aromatic carbocycles. The Morgan fingerprint density at radius 3 is 1.82 bits per heavy atom. The highest BCUT2D eigenvalue weighted by Gasteiger charge is 2.28. The molecule has 0 aliphatic heterocycles. The Labute approximate surface area is 104 Å². The first-order chi connectivity index (χ1) is 7.93. The van der Waals surface area contributed by atoms with Crippen LogP contribution in [0.5, 0.6) is 0 Å². The summed E-state index contributed by atoms with van der Waals surface area (Å²) in [6.45, 7) is 9.94. The number of carbonyl (C=O) groups excluding carboxylic acids is 1. The van der Waals surface area contributed by atoms with E-state index in [1.165, 1.54) is 13.8 Å². The van der Waals surface area contributed by atoms with Crippen LogP contribution in [0.25, 0.3) is 0 Å². The predicted molar refractivity (Wildman–Crippen MR) is 65.9 cm³/mol. The minimum absolute atomic E-state index is 0.295. The Bertz CT molecular complexity index is 203. The van der Waals surface area contributed by atoms with Crippen LogP contribution in [0.15, 0.2) is 0 Å². The maximum atomic E-state index is 11.9. The molecule has 0 spiro atoms. The van der Waals surface area contributed by atoms with Gasteiger partial charge in [-0.3, -0.25) is 4.79 Å². The molecule has 0 aliphatic rings. The van der Waals surface area contributed by atoms with Crippen LogP contribution in [0.2, 0.25) is 0 Å². The third-order valence-electron chi connectivity index (χ3n) is 2.23. The minimum Gasteiger partial charge on any atom is -0.381 e. The van der Waals surface area contributed by atoms with Gasteiger partial charge in [0.1, 0.15) is 5.60 Å². The van der Waals surface area contributed by atoms with Crippen LogP contribution in [0.3, 0.4) is 0 Å². The molecule has 0 bridgehead atoms. The molecule has 102 valence electrons. The summed E-state index contributed by atoms with van der Waals surface area (Å²) in [7, 11) is 0. The van der Waals surface area contributed by atoms with Gasteiger partial charge in [0.15, 0.2) is 0 Å². The molecule has 0 unspecified atom stereocenters. The van der Waals surface area contributed by atoms with Gasteiger partial charge in [0.2, 0.25) is 0 Å². The van der Waals surface area contributed by atoms with Crippen LogP contribution in [0, 0.1) is 0 Å². The second kappa shape index (κ2) is 8.44. The molecule has 5 nitrogen and oxygen atoms in total. The summed E-state index contributed by atoms with van der Waals surface area (Å²) in [5.74, 6) is -0.295. The number of rotatable bonds is 9. The zero-order chi connectivity index (χ0) is 13.3. The van der Waals surface area contributed by atoms with Crippen LogP contribution in [0.4, 0.5) is 0 Å². The molecule has 0 aromatic heterocycles. The third-order valence-corrected chi connectivity index (χ3v) is 2.23. The molecule has 0 atom stereocenters. The fourth-order valence-electron chi connectivity index (χ4n) is 1.34. The van der Waals surface area contributed by atoms with Gasteiger partial charge in [-0.2, -0.15) is 0 Å². The first-order valence-electron chi connectivity index (χ1n) is 6.10. The van der Waals surface area contributed by atoms with E-state index in [0.29, 0.717) is 39.5 Å². The standard InChI is InChI=1S/C12H25NO4/c1-5-16-9-7-13(8-10-17-6-2)11(14)12(3,4)15/h15H,5-10H2,1-4H3. The summed E-state index contributed by atoms with van der Waals surface area (Å²) < 4.78 is 10.4. The van der Waals surface area contributed by atoms with Gasteiger partial charge in [-0.15, -0.1) is 0 Å². The molecule has 0 heterocycles. The maximum Gasteiger partial charge on any atom is 0.254 e. The van der Waals surface area contributed by atoms with Crippen LogP contribution < -0.4 is 0 Å². The van der Waals surface area contributed by atoms with Crippen molar-refractivity contribution in [2.75, 3.05) is 39.5 Å². The summed E-state index contributed by atoms with van der Waals surface area (Å²) in [6, 6.07) is 0. The second-order valence-electron chi connectivity index (χ2n) is 4.25. The Hall–Kier alpha value is -0.650. The number of hydrogen-bond donors (Lipinski definition) is 1. The summed E-state index contributed by atoms with van der Waals surface area (Å²) in [5, 5.41) is 9.70. The average Bonchev–Trinajstić information content (AvgIpc) is 2.25. The van der Waals surface area contributed by atoms with Crippen molar-refractivity contribution in [3.63, 3.8) is 0 Å². The molecular formula is C12H25NO4. The van der Waals surface area contributed by atoms with E-state index in [1.54, 1.807) is 4.90 Å². The molecule has 0 radical (unpaired) electrons. The molecule has 1 N–H and O–H groups in total. The van der Waals surface area contributed by atoms with E-state index in [-0.39, 0.29) is 5.91 Å². The van der Waals surface area contributed by atoms with Crippen molar-refractivity contribution in [3.05, 3.63) is 0 Å². The lowest BCUT2D eigenvalue weighted by atomic mass is 10.1. The first-order valence-corrected chi connectivity index (χ1v) is 6.10. The molecule has 0 rings (SSSR count). The van der Waals surface area contributed by atoms with Crippen molar-refractivity contribution < 1.29 is 19.4 Å². The molecular weight excluding hydrogens is 222 g/mol. The van der Waals surface area contributed by atoms with E-state index < -0.39 is 5.60 Å². The molecule has 5 heteroatoms. The van der Waals surface area contributed by atoms with Gasteiger partial charge in [0, 0.05) is 26.3 Å². The van der Waals surface area contributed by atoms with Crippen LogP contribution in [-0.4, -0.2) is 61.0 Å². The van der Waals surface area contributed by atoms with Gasteiger partial charge in [0.25, 0.3) is 5.91 Å². The smallest absolute Gasteiger partial charge is 0.254 e. The number of ether oxygens (including phenoxy) is 2. The molecule has 0 saturated heterocycles. The highest BCUT2D eigenvalue weighted by molar-refractivity contribution is 5.84. The molecule has 0 aromatic rings. The monoisotopic (exact) mass is 247 g/mol. The van der Waals surface area contributed by atoms with E-state index in [4.69, 9.17) is 9.47 Å². The van der Waals surface area contributed by atoms with Crippen LogP contribution in [-0.2, 0) is 14.3 Å². The Morgan fingerprint density at radius 2 is 1.53 bits per heavy atom. The van der Waals surface area contributed by atoms with Crippen molar-refractivity contribution in [2.24, 2.45) is 0 Å². The van der Waals surface area contributed by atoms with E-state index in [9.17, 15) is 9.90 Å². The van der Waals surface area contributed by atoms with Crippen LogP contribution >= 0.6 is 0 Å². The van der Waals surface area contributed by atoms with Crippen molar-refractivity contribution in [2.45, 2.75) is 33.3 Å². The van der Waals surface area contributed by atoms with E-state index in [0.717, 1.165) is 0 Å². The average molecular weight is 247 g/mol. The van der Waals surface area contributed by atoms with E-state index in [1.807, 2.05) is 13.8 Å². The van der Waals surface area contributed by atoms with Crippen LogP contribution in [0.1, 0.15) is 27.7 Å². The van der Waals surface area contributed by atoms with Gasteiger partial charge in [-0.05, 0) is 27.7 Å². The highest BCUT2D eigenvalue weighted by Crippen LogP contribution is 2.07. The fraction of sp³-hybridized carbons (Fsp3) is 0.917. The number of nitrogens with zero attached hydrogens (tertiary/aromatic N) is 1. The van der Waals surface area contributed by atoms with Crippen molar-refractivity contribution >= 4 is 5.91 Å². The molecule has 0 fully saturated rings. The SMILES string of the molecule is CCOCCN(CCOCC)C(=O)C(C)(C)O. The molecule has 0 aliphatic carbocycles. The summed E-state index contributed by atoms with van der Waals surface area (Å²) in [5.41, 5.74) is -1.35. The number of hydrogen-bond acceptors (Lipinski definition) is 4. The van der Waals surface area contributed by atoms with Gasteiger partial charge < -0.3 is 19.5 Å². The van der Waals surface area contributed by atoms with Crippen molar-refractivity contribution in [1.82, 2.24) is 4.90 Å². The van der Waals surface area contributed by atoms with Gasteiger partial charge in [-0.1, -0.05) is 0 Å². The predicted octanol–water partition coefficient (Wildman–Crippen LogP) is 0.659. The van der Waals surface area contributed by atoms with Gasteiger partial charge in [0.05, 0.1) is 13.2 Å². The first kappa shape index (κ1) is 16.4. The minimum atomic E-state index is -1.35. The number of carbonyl (C=O) groups is 1. The fourth-order valence-corrected chi connectivity index (χ4v) is 1.34. The zero-order valence-electron chi connectivity index (χ0n) is 11.4.